The predicted molar refractivity (Wildman–Crippen MR) is 76.5 cm³/mol. The van der Waals surface area contributed by atoms with Gasteiger partial charge in [0.1, 0.15) is 0 Å². The first kappa shape index (κ1) is 14.6. The molecule has 100 valence electrons. The second kappa shape index (κ2) is 7.04. The number of anilines is 1. The smallest absolute Gasteiger partial charge is 0.219 e. The standard InChI is InChI=1S/C15H24N2O/c1-12(2)9-10-16-15-8-6-5-7-14(15)11-17(4)13(3)18/h5-8,12,16H,9-11H2,1-4H3. The van der Waals surface area contributed by atoms with Crippen LogP contribution in [0.25, 0.3) is 0 Å². The Morgan fingerprint density at radius 1 is 1.33 bits per heavy atom. The summed E-state index contributed by atoms with van der Waals surface area (Å²) in [6.45, 7) is 7.65. The van der Waals surface area contributed by atoms with Crippen molar-refractivity contribution in [2.45, 2.75) is 33.7 Å². The fourth-order valence-electron chi connectivity index (χ4n) is 1.69. The molecule has 0 atom stereocenters. The van der Waals surface area contributed by atoms with Crippen LogP contribution in [-0.2, 0) is 11.3 Å². The number of nitrogens with zero attached hydrogens (tertiary/aromatic N) is 1. The van der Waals surface area contributed by atoms with Crippen molar-refractivity contribution in [1.29, 1.82) is 0 Å². The number of para-hydroxylation sites is 1. The molecular formula is C15H24N2O. The van der Waals surface area contributed by atoms with E-state index in [-0.39, 0.29) is 5.91 Å². The van der Waals surface area contributed by atoms with Crippen LogP contribution in [-0.4, -0.2) is 24.4 Å². The maximum atomic E-state index is 11.3. The molecule has 3 nitrogen and oxygen atoms in total. The lowest BCUT2D eigenvalue weighted by Crippen LogP contribution is -2.23. The minimum Gasteiger partial charge on any atom is -0.385 e. The fraction of sp³-hybridized carbons (Fsp3) is 0.533. The van der Waals surface area contributed by atoms with E-state index in [1.807, 2.05) is 19.2 Å². The van der Waals surface area contributed by atoms with Crippen LogP contribution in [0.4, 0.5) is 5.69 Å². The Balaban J connectivity index is 2.64. The van der Waals surface area contributed by atoms with Crippen molar-refractivity contribution < 1.29 is 4.79 Å². The van der Waals surface area contributed by atoms with Gasteiger partial charge in [-0.15, -0.1) is 0 Å². The molecule has 0 aliphatic heterocycles. The number of hydrogen-bond acceptors (Lipinski definition) is 2. The summed E-state index contributed by atoms with van der Waals surface area (Å²) in [6, 6.07) is 8.17. The van der Waals surface area contributed by atoms with E-state index in [1.165, 1.54) is 5.56 Å². The largest absolute Gasteiger partial charge is 0.385 e. The molecule has 0 aromatic heterocycles. The predicted octanol–water partition coefficient (Wildman–Crippen LogP) is 3.12. The first-order valence-corrected chi connectivity index (χ1v) is 6.54. The summed E-state index contributed by atoms with van der Waals surface area (Å²) < 4.78 is 0. The van der Waals surface area contributed by atoms with Crippen LogP contribution in [0.3, 0.4) is 0 Å². The van der Waals surface area contributed by atoms with Gasteiger partial charge in [-0.3, -0.25) is 4.79 Å². The van der Waals surface area contributed by atoms with Gasteiger partial charge in [0.05, 0.1) is 0 Å². The van der Waals surface area contributed by atoms with Gasteiger partial charge in [-0.05, 0) is 24.0 Å². The lowest BCUT2D eigenvalue weighted by Gasteiger charge is -2.18. The molecule has 0 spiro atoms. The summed E-state index contributed by atoms with van der Waals surface area (Å²) in [4.78, 5) is 13.0. The van der Waals surface area contributed by atoms with E-state index in [0.29, 0.717) is 12.5 Å². The van der Waals surface area contributed by atoms with Crippen LogP contribution in [0, 0.1) is 5.92 Å². The Morgan fingerprint density at radius 2 is 2.00 bits per heavy atom. The minimum atomic E-state index is 0.0898. The average molecular weight is 248 g/mol. The average Bonchev–Trinajstić information content (AvgIpc) is 2.30. The topological polar surface area (TPSA) is 32.3 Å². The highest BCUT2D eigenvalue weighted by atomic mass is 16.2. The number of nitrogens with one attached hydrogen (secondary N) is 1. The van der Waals surface area contributed by atoms with E-state index in [4.69, 9.17) is 0 Å². The zero-order valence-electron chi connectivity index (χ0n) is 11.9. The first-order chi connectivity index (χ1) is 8.50. The van der Waals surface area contributed by atoms with Crippen molar-refractivity contribution in [3.63, 3.8) is 0 Å². The van der Waals surface area contributed by atoms with Crippen molar-refractivity contribution in [3.8, 4) is 0 Å². The molecule has 0 heterocycles. The van der Waals surface area contributed by atoms with Crippen LogP contribution in [0.5, 0.6) is 0 Å². The number of benzene rings is 1. The van der Waals surface area contributed by atoms with Crippen LogP contribution in [0.1, 0.15) is 32.8 Å². The maximum absolute atomic E-state index is 11.3. The molecule has 1 aromatic carbocycles. The van der Waals surface area contributed by atoms with E-state index in [1.54, 1.807) is 11.8 Å². The molecule has 3 heteroatoms. The van der Waals surface area contributed by atoms with Crippen LogP contribution in [0.15, 0.2) is 24.3 Å². The molecule has 0 bridgehead atoms. The molecule has 0 saturated heterocycles. The van der Waals surface area contributed by atoms with Crippen molar-refractivity contribution in [1.82, 2.24) is 4.90 Å². The number of amides is 1. The van der Waals surface area contributed by atoms with Gasteiger partial charge in [0.15, 0.2) is 0 Å². The molecular weight excluding hydrogens is 224 g/mol. The normalized spacial score (nSPS) is 10.5. The van der Waals surface area contributed by atoms with Gasteiger partial charge >= 0.3 is 0 Å². The Hall–Kier alpha value is -1.51. The summed E-state index contributed by atoms with van der Waals surface area (Å²) in [6.07, 6.45) is 1.15. The van der Waals surface area contributed by atoms with Crippen molar-refractivity contribution >= 4 is 11.6 Å². The molecule has 1 rings (SSSR count). The third-order valence-electron chi connectivity index (χ3n) is 3.00. The number of carbonyl (C=O) groups is 1. The highest BCUT2D eigenvalue weighted by Crippen LogP contribution is 2.17. The van der Waals surface area contributed by atoms with E-state index < -0.39 is 0 Å². The second-order valence-electron chi connectivity index (χ2n) is 5.14. The molecule has 0 fully saturated rings. The van der Waals surface area contributed by atoms with Gasteiger partial charge in [-0.2, -0.15) is 0 Å². The molecule has 1 amide bonds. The van der Waals surface area contributed by atoms with Crippen LogP contribution in [0.2, 0.25) is 0 Å². The third-order valence-corrected chi connectivity index (χ3v) is 3.00. The quantitative estimate of drug-likeness (QED) is 0.839. The fourth-order valence-corrected chi connectivity index (χ4v) is 1.69. The Morgan fingerprint density at radius 3 is 2.61 bits per heavy atom. The highest BCUT2D eigenvalue weighted by Gasteiger charge is 2.07. The van der Waals surface area contributed by atoms with Crippen molar-refractivity contribution in [3.05, 3.63) is 29.8 Å². The summed E-state index contributed by atoms with van der Waals surface area (Å²) in [5, 5.41) is 3.45. The van der Waals surface area contributed by atoms with Gasteiger partial charge in [0, 0.05) is 32.7 Å². The van der Waals surface area contributed by atoms with Gasteiger partial charge in [-0.1, -0.05) is 32.0 Å². The summed E-state index contributed by atoms with van der Waals surface area (Å²) in [5.41, 5.74) is 2.30. The summed E-state index contributed by atoms with van der Waals surface area (Å²) in [5.74, 6) is 0.788. The molecule has 0 aliphatic rings. The Kier molecular flexibility index (Phi) is 5.69. The van der Waals surface area contributed by atoms with E-state index >= 15 is 0 Å². The van der Waals surface area contributed by atoms with Gasteiger partial charge < -0.3 is 10.2 Å². The molecule has 1 N–H and O–H groups in total. The van der Waals surface area contributed by atoms with Gasteiger partial charge in [-0.25, -0.2) is 0 Å². The second-order valence-corrected chi connectivity index (χ2v) is 5.14. The molecule has 18 heavy (non-hydrogen) atoms. The third kappa shape index (κ3) is 4.78. The van der Waals surface area contributed by atoms with Crippen LogP contribution >= 0.6 is 0 Å². The van der Waals surface area contributed by atoms with Crippen molar-refractivity contribution in [2.75, 3.05) is 18.9 Å². The number of hydrogen-bond donors (Lipinski definition) is 1. The van der Waals surface area contributed by atoms with E-state index in [2.05, 4.69) is 31.3 Å². The molecule has 0 radical (unpaired) electrons. The highest BCUT2D eigenvalue weighted by molar-refractivity contribution is 5.73. The van der Waals surface area contributed by atoms with Gasteiger partial charge in [0.2, 0.25) is 5.91 Å². The van der Waals surface area contributed by atoms with E-state index in [0.717, 1.165) is 18.7 Å². The SMILES string of the molecule is CC(=O)N(C)Cc1ccccc1NCCC(C)C. The summed E-state index contributed by atoms with van der Waals surface area (Å²) >= 11 is 0. The molecule has 0 aliphatic carbocycles. The number of rotatable bonds is 6. The van der Waals surface area contributed by atoms with Gasteiger partial charge in [0.25, 0.3) is 0 Å². The Bertz CT molecular complexity index is 388. The van der Waals surface area contributed by atoms with E-state index in [9.17, 15) is 4.79 Å². The molecule has 1 aromatic rings. The lowest BCUT2D eigenvalue weighted by atomic mass is 10.1. The molecule has 0 unspecified atom stereocenters. The summed E-state index contributed by atoms with van der Waals surface area (Å²) in [7, 11) is 1.83. The zero-order chi connectivity index (χ0) is 13.5. The van der Waals surface area contributed by atoms with Crippen LogP contribution < -0.4 is 5.32 Å². The Labute approximate surface area is 110 Å². The lowest BCUT2D eigenvalue weighted by molar-refractivity contribution is -0.128. The first-order valence-electron chi connectivity index (χ1n) is 6.54. The number of carbonyl (C=O) groups excluding carboxylic acids is 1. The molecule has 0 saturated carbocycles. The monoisotopic (exact) mass is 248 g/mol. The van der Waals surface area contributed by atoms with Crippen molar-refractivity contribution in [2.24, 2.45) is 5.92 Å². The minimum absolute atomic E-state index is 0.0898. The zero-order valence-corrected chi connectivity index (χ0v) is 11.9. The maximum Gasteiger partial charge on any atom is 0.219 e.